The van der Waals surface area contributed by atoms with Crippen LogP contribution in [-0.2, 0) is 4.79 Å². The highest BCUT2D eigenvalue weighted by Gasteiger charge is 2.25. The van der Waals surface area contributed by atoms with Gasteiger partial charge in [-0.05, 0) is 39.1 Å². The molecule has 0 unspecified atom stereocenters. The molecule has 0 aliphatic rings. The van der Waals surface area contributed by atoms with E-state index in [9.17, 15) is 4.79 Å². The maximum Gasteiger partial charge on any atom is 0.244 e. The molecule has 0 saturated heterocycles. The van der Waals surface area contributed by atoms with Gasteiger partial charge in [-0.2, -0.15) is 5.26 Å². The molecule has 0 spiro atoms. The molecule has 0 aliphatic heterocycles. The number of amides is 1. The standard InChI is InChI=1S/C12H14ClN3O/c1-12(2,15-3)11(17)16-10-6-8(7-14)4-5-9(10)13/h4-6,15H,1-3H3,(H,16,17). The molecule has 1 amide bonds. The molecule has 0 saturated carbocycles. The summed E-state index contributed by atoms with van der Waals surface area (Å²) in [4.78, 5) is 11.9. The Balaban J connectivity index is 2.96. The van der Waals surface area contributed by atoms with E-state index in [1.54, 1.807) is 39.1 Å². The molecule has 1 aromatic rings. The first-order valence-corrected chi connectivity index (χ1v) is 5.48. The molecule has 0 radical (unpaired) electrons. The molecule has 5 heteroatoms. The maximum atomic E-state index is 11.9. The second-order valence-corrected chi connectivity index (χ2v) is 4.54. The molecule has 0 aliphatic carbocycles. The van der Waals surface area contributed by atoms with E-state index in [0.29, 0.717) is 16.3 Å². The number of halogens is 1. The van der Waals surface area contributed by atoms with Crippen molar-refractivity contribution in [3.8, 4) is 6.07 Å². The molecule has 1 rings (SSSR count). The number of carbonyl (C=O) groups is 1. The van der Waals surface area contributed by atoms with Crippen LogP contribution in [0.4, 0.5) is 5.69 Å². The van der Waals surface area contributed by atoms with Gasteiger partial charge in [0.15, 0.2) is 0 Å². The third-order valence-electron chi connectivity index (χ3n) is 2.54. The van der Waals surface area contributed by atoms with Gasteiger partial charge in [0.2, 0.25) is 5.91 Å². The summed E-state index contributed by atoms with van der Waals surface area (Å²) in [5.41, 5.74) is 0.192. The highest BCUT2D eigenvalue weighted by Crippen LogP contribution is 2.23. The molecule has 0 fully saturated rings. The summed E-state index contributed by atoms with van der Waals surface area (Å²) in [7, 11) is 1.70. The number of nitrogens with zero attached hydrogens (tertiary/aromatic N) is 1. The second kappa shape index (κ2) is 5.17. The molecule has 90 valence electrons. The van der Waals surface area contributed by atoms with Crippen LogP contribution < -0.4 is 10.6 Å². The van der Waals surface area contributed by atoms with Crippen molar-refractivity contribution in [2.75, 3.05) is 12.4 Å². The molecular weight excluding hydrogens is 238 g/mol. The zero-order valence-corrected chi connectivity index (χ0v) is 10.7. The fraction of sp³-hybridized carbons (Fsp3) is 0.333. The van der Waals surface area contributed by atoms with Crippen molar-refractivity contribution in [3.63, 3.8) is 0 Å². The van der Waals surface area contributed by atoms with Crippen LogP contribution in [0.3, 0.4) is 0 Å². The fourth-order valence-corrected chi connectivity index (χ4v) is 1.25. The Morgan fingerprint density at radius 3 is 2.65 bits per heavy atom. The first-order chi connectivity index (χ1) is 7.90. The monoisotopic (exact) mass is 251 g/mol. The Labute approximate surface area is 106 Å². The number of hydrogen-bond acceptors (Lipinski definition) is 3. The van der Waals surface area contributed by atoms with Gasteiger partial charge in [0.05, 0.1) is 27.9 Å². The number of nitrogens with one attached hydrogen (secondary N) is 2. The molecule has 0 aromatic heterocycles. The lowest BCUT2D eigenvalue weighted by Gasteiger charge is -2.23. The molecule has 1 aromatic carbocycles. The molecule has 17 heavy (non-hydrogen) atoms. The van der Waals surface area contributed by atoms with Gasteiger partial charge in [0.1, 0.15) is 0 Å². The van der Waals surface area contributed by atoms with E-state index in [1.165, 1.54) is 0 Å². The van der Waals surface area contributed by atoms with Gasteiger partial charge in [-0.15, -0.1) is 0 Å². The average molecular weight is 252 g/mol. The quantitative estimate of drug-likeness (QED) is 0.865. The Morgan fingerprint density at radius 1 is 1.47 bits per heavy atom. The van der Waals surface area contributed by atoms with Crippen molar-refractivity contribution in [1.29, 1.82) is 5.26 Å². The molecular formula is C12H14ClN3O. The summed E-state index contributed by atoms with van der Waals surface area (Å²) in [5, 5.41) is 14.8. The van der Waals surface area contributed by atoms with Gasteiger partial charge in [-0.25, -0.2) is 0 Å². The van der Waals surface area contributed by atoms with Gasteiger partial charge in [0, 0.05) is 0 Å². The SMILES string of the molecule is CNC(C)(C)C(=O)Nc1cc(C#N)ccc1Cl. The summed E-state index contributed by atoms with van der Waals surface area (Å²) in [6, 6.07) is 6.73. The van der Waals surface area contributed by atoms with E-state index in [1.807, 2.05) is 6.07 Å². The van der Waals surface area contributed by atoms with Gasteiger partial charge in [0.25, 0.3) is 0 Å². The summed E-state index contributed by atoms with van der Waals surface area (Å²) in [6.45, 7) is 3.51. The second-order valence-electron chi connectivity index (χ2n) is 4.14. The Bertz CT molecular complexity index is 477. The van der Waals surface area contributed by atoms with Crippen molar-refractivity contribution in [2.45, 2.75) is 19.4 Å². The highest BCUT2D eigenvalue weighted by atomic mass is 35.5. The first-order valence-electron chi connectivity index (χ1n) is 5.10. The maximum absolute atomic E-state index is 11.9. The van der Waals surface area contributed by atoms with E-state index in [0.717, 1.165) is 0 Å². The van der Waals surface area contributed by atoms with Crippen LogP contribution in [0.25, 0.3) is 0 Å². The normalized spacial score (nSPS) is 10.8. The van der Waals surface area contributed by atoms with Crippen LogP contribution >= 0.6 is 11.6 Å². The van der Waals surface area contributed by atoms with Crippen LogP contribution in [0.5, 0.6) is 0 Å². The van der Waals surface area contributed by atoms with Gasteiger partial charge >= 0.3 is 0 Å². The number of nitriles is 1. The summed E-state index contributed by atoms with van der Waals surface area (Å²) in [5.74, 6) is -0.211. The Morgan fingerprint density at radius 2 is 2.12 bits per heavy atom. The zero-order chi connectivity index (χ0) is 13.1. The lowest BCUT2D eigenvalue weighted by molar-refractivity contribution is -0.121. The summed E-state index contributed by atoms with van der Waals surface area (Å²) in [6.07, 6.45) is 0. The topological polar surface area (TPSA) is 64.9 Å². The van der Waals surface area contributed by atoms with E-state index >= 15 is 0 Å². The van der Waals surface area contributed by atoms with Gasteiger partial charge in [-0.1, -0.05) is 11.6 Å². The number of rotatable bonds is 3. The Kier molecular flexibility index (Phi) is 4.11. The van der Waals surface area contributed by atoms with Crippen molar-refractivity contribution < 1.29 is 4.79 Å². The Hall–Kier alpha value is -1.57. The predicted molar refractivity (Wildman–Crippen MR) is 67.9 cm³/mol. The summed E-state index contributed by atoms with van der Waals surface area (Å²) < 4.78 is 0. The molecule has 4 nitrogen and oxygen atoms in total. The largest absolute Gasteiger partial charge is 0.323 e. The lowest BCUT2D eigenvalue weighted by Crippen LogP contribution is -2.47. The van der Waals surface area contributed by atoms with Crippen molar-refractivity contribution in [3.05, 3.63) is 28.8 Å². The molecule has 0 bridgehead atoms. The number of hydrogen-bond donors (Lipinski definition) is 2. The number of carbonyl (C=O) groups excluding carboxylic acids is 1. The van der Waals surface area contributed by atoms with Crippen molar-refractivity contribution in [2.24, 2.45) is 0 Å². The molecule has 0 atom stereocenters. The van der Waals surface area contributed by atoms with Crippen LogP contribution in [-0.4, -0.2) is 18.5 Å². The van der Waals surface area contributed by atoms with Crippen molar-refractivity contribution >= 4 is 23.2 Å². The number of anilines is 1. The fourth-order valence-electron chi connectivity index (χ4n) is 1.08. The van der Waals surface area contributed by atoms with Crippen molar-refractivity contribution in [1.82, 2.24) is 5.32 Å². The highest BCUT2D eigenvalue weighted by molar-refractivity contribution is 6.33. The third-order valence-corrected chi connectivity index (χ3v) is 2.87. The summed E-state index contributed by atoms with van der Waals surface area (Å²) >= 11 is 5.95. The average Bonchev–Trinajstić information content (AvgIpc) is 2.31. The smallest absolute Gasteiger partial charge is 0.244 e. The predicted octanol–water partition coefficient (Wildman–Crippen LogP) is 2.15. The van der Waals surface area contributed by atoms with Crippen LogP contribution in [0.1, 0.15) is 19.4 Å². The third kappa shape index (κ3) is 3.19. The minimum atomic E-state index is -0.702. The lowest BCUT2D eigenvalue weighted by atomic mass is 10.0. The van der Waals surface area contributed by atoms with E-state index in [2.05, 4.69) is 10.6 Å². The van der Waals surface area contributed by atoms with Crippen LogP contribution in [0.15, 0.2) is 18.2 Å². The first kappa shape index (κ1) is 13.5. The number of benzene rings is 1. The van der Waals surface area contributed by atoms with Crippen LogP contribution in [0.2, 0.25) is 5.02 Å². The number of likely N-dealkylation sites (N-methyl/N-ethyl adjacent to an activating group) is 1. The molecule has 0 heterocycles. The van der Waals surface area contributed by atoms with E-state index in [4.69, 9.17) is 16.9 Å². The molecule has 2 N–H and O–H groups in total. The van der Waals surface area contributed by atoms with Gasteiger partial charge in [-0.3, -0.25) is 4.79 Å². The minimum absolute atomic E-state index is 0.211. The van der Waals surface area contributed by atoms with E-state index < -0.39 is 5.54 Å². The zero-order valence-electron chi connectivity index (χ0n) is 9.97. The van der Waals surface area contributed by atoms with Gasteiger partial charge < -0.3 is 10.6 Å². The van der Waals surface area contributed by atoms with Crippen LogP contribution in [0, 0.1) is 11.3 Å². The minimum Gasteiger partial charge on any atom is -0.323 e. The van der Waals surface area contributed by atoms with E-state index in [-0.39, 0.29) is 5.91 Å².